The van der Waals surface area contributed by atoms with Crippen LogP contribution in [0.3, 0.4) is 0 Å². The molecular weight excluding hydrogens is 218 g/mol. The number of carboxylic acids is 1. The molecule has 1 heterocycles. The minimum Gasteiger partial charge on any atom is -0.478 e. The lowest BCUT2D eigenvalue weighted by Crippen LogP contribution is -2.20. The average molecular weight is 233 g/mol. The zero-order valence-electron chi connectivity index (χ0n) is 9.50. The molecule has 4 heteroatoms. The van der Waals surface area contributed by atoms with Crippen LogP contribution in [0.15, 0.2) is 24.3 Å². The molecule has 1 aliphatic rings. The summed E-state index contributed by atoms with van der Waals surface area (Å²) in [6.45, 7) is 2.53. The number of carbonyl (C=O) groups excluding carboxylic acids is 1. The summed E-state index contributed by atoms with van der Waals surface area (Å²) < 4.78 is 0. The highest BCUT2D eigenvalue weighted by atomic mass is 16.4. The number of benzene rings is 1. The second-order valence-corrected chi connectivity index (χ2v) is 4.42. The highest BCUT2D eigenvalue weighted by Crippen LogP contribution is 2.17. The van der Waals surface area contributed by atoms with Crippen LogP contribution in [0.1, 0.15) is 22.3 Å². The summed E-state index contributed by atoms with van der Waals surface area (Å²) in [7, 11) is 0. The van der Waals surface area contributed by atoms with Crippen LogP contribution in [-0.2, 0) is 11.3 Å². The van der Waals surface area contributed by atoms with E-state index in [1.165, 1.54) is 0 Å². The van der Waals surface area contributed by atoms with E-state index in [2.05, 4.69) is 4.90 Å². The first-order chi connectivity index (χ1) is 8.19. The minimum atomic E-state index is -0.904. The van der Waals surface area contributed by atoms with Crippen molar-refractivity contribution in [3.8, 4) is 0 Å². The molecular formula is C13H15NO3. The Morgan fingerprint density at radius 2 is 2.12 bits per heavy atom. The molecule has 1 aliphatic heterocycles. The lowest BCUT2D eigenvalue weighted by Gasteiger charge is -2.14. The molecule has 0 aliphatic carbocycles. The normalized spacial score (nSPS) is 20.4. The van der Waals surface area contributed by atoms with Crippen LogP contribution in [0.25, 0.3) is 0 Å². The van der Waals surface area contributed by atoms with E-state index in [9.17, 15) is 9.59 Å². The van der Waals surface area contributed by atoms with Gasteiger partial charge in [0, 0.05) is 19.0 Å². The first kappa shape index (κ1) is 11.8. The second-order valence-electron chi connectivity index (χ2n) is 4.42. The van der Waals surface area contributed by atoms with Crippen LogP contribution in [-0.4, -0.2) is 35.4 Å². The molecule has 0 spiro atoms. The number of aldehydes is 1. The van der Waals surface area contributed by atoms with Gasteiger partial charge in [-0.25, -0.2) is 4.79 Å². The number of carboxylic acid groups (broad SMARTS) is 1. The SMILES string of the molecule is O=CC1CCN(Cc2ccc(C(=O)O)cc2)C1. The minimum absolute atomic E-state index is 0.160. The zero-order valence-corrected chi connectivity index (χ0v) is 9.50. The van der Waals surface area contributed by atoms with Gasteiger partial charge in [-0.1, -0.05) is 12.1 Å². The number of rotatable bonds is 4. The predicted molar refractivity (Wildman–Crippen MR) is 62.8 cm³/mol. The highest BCUT2D eigenvalue weighted by Gasteiger charge is 2.21. The fourth-order valence-corrected chi connectivity index (χ4v) is 2.13. The lowest BCUT2D eigenvalue weighted by atomic mass is 10.1. The maximum absolute atomic E-state index is 10.7. The molecule has 1 unspecified atom stereocenters. The first-order valence-corrected chi connectivity index (χ1v) is 5.69. The monoisotopic (exact) mass is 233 g/mol. The lowest BCUT2D eigenvalue weighted by molar-refractivity contribution is -0.110. The van der Waals surface area contributed by atoms with E-state index >= 15 is 0 Å². The Morgan fingerprint density at radius 1 is 1.41 bits per heavy atom. The van der Waals surface area contributed by atoms with Crippen molar-refractivity contribution in [2.24, 2.45) is 5.92 Å². The Bertz CT molecular complexity index is 413. The molecule has 0 aromatic heterocycles. The number of nitrogens with zero attached hydrogens (tertiary/aromatic N) is 1. The third-order valence-corrected chi connectivity index (χ3v) is 3.11. The number of hydrogen-bond donors (Lipinski definition) is 1. The number of likely N-dealkylation sites (tertiary alicyclic amines) is 1. The largest absolute Gasteiger partial charge is 0.478 e. The van der Waals surface area contributed by atoms with E-state index in [0.717, 1.165) is 37.9 Å². The van der Waals surface area contributed by atoms with Crippen LogP contribution in [0, 0.1) is 5.92 Å². The molecule has 1 aromatic rings. The third kappa shape index (κ3) is 2.91. The molecule has 1 fully saturated rings. The van der Waals surface area contributed by atoms with Crippen LogP contribution in [0.5, 0.6) is 0 Å². The molecule has 2 rings (SSSR count). The van der Waals surface area contributed by atoms with Gasteiger partial charge in [0.25, 0.3) is 0 Å². The summed E-state index contributed by atoms with van der Waals surface area (Å²) in [4.78, 5) is 23.5. The summed E-state index contributed by atoms with van der Waals surface area (Å²) in [6.07, 6.45) is 1.95. The molecule has 0 bridgehead atoms. The molecule has 1 atom stereocenters. The van der Waals surface area contributed by atoms with Gasteiger partial charge < -0.3 is 9.90 Å². The molecule has 0 saturated carbocycles. The molecule has 90 valence electrons. The maximum atomic E-state index is 10.7. The van der Waals surface area contributed by atoms with Gasteiger partial charge in [-0.3, -0.25) is 4.90 Å². The summed E-state index contributed by atoms with van der Waals surface area (Å²) in [5.41, 5.74) is 1.39. The van der Waals surface area contributed by atoms with Gasteiger partial charge in [0.1, 0.15) is 6.29 Å². The molecule has 17 heavy (non-hydrogen) atoms. The van der Waals surface area contributed by atoms with Crippen molar-refractivity contribution < 1.29 is 14.7 Å². The van der Waals surface area contributed by atoms with Crippen LogP contribution in [0.2, 0.25) is 0 Å². The number of hydrogen-bond acceptors (Lipinski definition) is 3. The van der Waals surface area contributed by atoms with Gasteiger partial charge in [0.15, 0.2) is 0 Å². The van der Waals surface area contributed by atoms with E-state index in [-0.39, 0.29) is 5.92 Å². The Balaban J connectivity index is 1.95. The van der Waals surface area contributed by atoms with Gasteiger partial charge >= 0.3 is 5.97 Å². The number of aromatic carboxylic acids is 1. The van der Waals surface area contributed by atoms with E-state index in [1.54, 1.807) is 12.1 Å². The topological polar surface area (TPSA) is 57.6 Å². The second kappa shape index (κ2) is 5.10. The first-order valence-electron chi connectivity index (χ1n) is 5.69. The van der Waals surface area contributed by atoms with Crippen molar-refractivity contribution >= 4 is 12.3 Å². The molecule has 0 radical (unpaired) electrons. The fraction of sp³-hybridized carbons (Fsp3) is 0.385. The number of carbonyl (C=O) groups is 2. The van der Waals surface area contributed by atoms with Crippen molar-refractivity contribution in [3.63, 3.8) is 0 Å². The van der Waals surface area contributed by atoms with Crippen molar-refractivity contribution in [2.75, 3.05) is 13.1 Å². The van der Waals surface area contributed by atoms with E-state index in [4.69, 9.17) is 5.11 Å². The van der Waals surface area contributed by atoms with Crippen molar-refractivity contribution in [1.29, 1.82) is 0 Å². The van der Waals surface area contributed by atoms with Crippen molar-refractivity contribution in [1.82, 2.24) is 4.90 Å². The van der Waals surface area contributed by atoms with Crippen LogP contribution in [0.4, 0.5) is 0 Å². The highest BCUT2D eigenvalue weighted by molar-refractivity contribution is 5.87. The van der Waals surface area contributed by atoms with Gasteiger partial charge in [0.2, 0.25) is 0 Å². The smallest absolute Gasteiger partial charge is 0.335 e. The summed E-state index contributed by atoms with van der Waals surface area (Å²) in [6, 6.07) is 6.89. The molecule has 1 saturated heterocycles. The Morgan fingerprint density at radius 3 is 2.65 bits per heavy atom. The van der Waals surface area contributed by atoms with Crippen molar-refractivity contribution in [3.05, 3.63) is 35.4 Å². The quantitative estimate of drug-likeness (QED) is 0.799. The maximum Gasteiger partial charge on any atom is 0.335 e. The summed E-state index contributed by atoms with van der Waals surface area (Å²) in [5.74, 6) is -0.743. The van der Waals surface area contributed by atoms with Gasteiger partial charge in [-0.05, 0) is 30.7 Å². The fourth-order valence-electron chi connectivity index (χ4n) is 2.13. The Hall–Kier alpha value is -1.68. The van der Waals surface area contributed by atoms with Crippen LogP contribution >= 0.6 is 0 Å². The van der Waals surface area contributed by atoms with E-state index in [1.807, 2.05) is 12.1 Å². The predicted octanol–water partition coefficient (Wildman–Crippen LogP) is 1.41. The van der Waals surface area contributed by atoms with Crippen LogP contribution < -0.4 is 0 Å². The van der Waals surface area contributed by atoms with Gasteiger partial charge in [-0.2, -0.15) is 0 Å². The third-order valence-electron chi connectivity index (χ3n) is 3.11. The van der Waals surface area contributed by atoms with E-state index < -0.39 is 5.97 Å². The zero-order chi connectivity index (χ0) is 12.3. The average Bonchev–Trinajstić information content (AvgIpc) is 2.77. The van der Waals surface area contributed by atoms with E-state index in [0.29, 0.717) is 5.56 Å². The summed E-state index contributed by atoms with van der Waals surface area (Å²) in [5, 5.41) is 8.78. The molecule has 1 N–H and O–H groups in total. The molecule has 4 nitrogen and oxygen atoms in total. The standard InChI is InChI=1S/C13H15NO3/c15-9-11-5-6-14(8-11)7-10-1-3-12(4-2-10)13(16)17/h1-4,9,11H,5-8H2,(H,16,17). The van der Waals surface area contributed by atoms with Gasteiger partial charge in [0.05, 0.1) is 5.56 Å². The van der Waals surface area contributed by atoms with Crippen molar-refractivity contribution in [2.45, 2.75) is 13.0 Å². The molecule has 0 amide bonds. The molecule has 1 aromatic carbocycles. The Kier molecular flexibility index (Phi) is 3.54. The summed E-state index contributed by atoms with van der Waals surface area (Å²) >= 11 is 0. The Labute approximate surface area is 99.9 Å². The van der Waals surface area contributed by atoms with Gasteiger partial charge in [-0.15, -0.1) is 0 Å².